The van der Waals surface area contributed by atoms with Gasteiger partial charge < -0.3 is 9.30 Å². The van der Waals surface area contributed by atoms with Crippen LogP contribution in [-0.4, -0.2) is 21.4 Å². The highest BCUT2D eigenvalue weighted by Gasteiger charge is 2.04. The summed E-state index contributed by atoms with van der Waals surface area (Å²) in [5.74, 6) is 1.93. The first-order valence-corrected chi connectivity index (χ1v) is 7.51. The minimum Gasteiger partial charge on any atom is -0.494 e. The van der Waals surface area contributed by atoms with Crippen LogP contribution in [0.2, 0.25) is 0 Å². The van der Waals surface area contributed by atoms with Crippen molar-refractivity contribution in [3.8, 4) is 5.75 Å². The molecule has 0 radical (unpaired) electrons. The van der Waals surface area contributed by atoms with E-state index in [1.165, 1.54) is 5.56 Å². The van der Waals surface area contributed by atoms with Gasteiger partial charge in [0, 0.05) is 13.0 Å². The van der Waals surface area contributed by atoms with E-state index in [9.17, 15) is 0 Å². The predicted octanol–water partition coefficient (Wildman–Crippen LogP) is 3.53. The van der Waals surface area contributed by atoms with Crippen molar-refractivity contribution in [2.45, 2.75) is 39.7 Å². The van der Waals surface area contributed by atoms with E-state index in [0.717, 1.165) is 37.4 Å². The third-order valence-electron chi connectivity index (χ3n) is 3.30. The summed E-state index contributed by atoms with van der Waals surface area (Å²) >= 11 is 5.16. The monoisotopic (exact) mass is 291 g/mol. The first kappa shape index (κ1) is 14.8. The molecule has 0 saturated carbocycles. The van der Waals surface area contributed by atoms with E-state index >= 15 is 0 Å². The Labute approximate surface area is 124 Å². The molecule has 2 rings (SSSR count). The SMILES string of the molecule is CCc1ccc(OCCCc2n[nH]c(=S)n2CC)cc1. The maximum absolute atomic E-state index is 5.73. The highest BCUT2D eigenvalue weighted by atomic mass is 32.1. The third kappa shape index (κ3) is 3.70. The average molecular weight is 291 g/mol. The number of nitrogens with one attached hydrogen (secondary N) is 1. The zero-order chi connectivity index (χ0) is 14.4. The van der Waals surface area contributed by atoms with Crippen LogP contribution >= 0.6 is 12.2 Å². The second-order valence-electron chi connectivity index (χ2n) is 4.64. The molecule has 0 bridgehead atoms. The molecule has 0 fully saturated rings. The standard InChI is InChI=1S/C15H21N3OS/c1-3-12-7-9-13(10-8-12)19-11-5-6-14-16-17-15(20)18(14)4-2/h7-10H,3-6,11H2,1-2H3,(H,17,20). The lowest BCUT2D eigenvalue weighted by Gasteiger charge is -2.07. The van der Waals surface area contributed by atoms with Crippen LogP contribution in [0.1, 0.15) is 31.7 Å². The second kappa shape index (κ2) is 7.24. The van der Waals surface area contributed by atoms with Crippen molar-refractivity contribution in [2.75, 3.05) is 6.61 Å². The molecule has 5 heteroatoms. The summed E-state index contributed by atoms with van der Waals surface area (Å²) in [7, 11) is 0. The van der Waals surface area contributed by atoms with Crippen LogP contribution in [0.5, 0.6) is 5.75 Å². The molecule has 0 saturated heterocycles. The zero-order valence-electron chi connectivity index (χ0n) is 12.1. The predicted molar refractivity (Wildman–Crippen MR) is 82.7 cm³/mol. The van der Waals surface area contributed by atoms with E-state index in [1.54, 1.807) is 0 Å². The lowest BCUT2D eigenvalue weighted by Crippen LogP contribution is -2.05. The normalized spacial score (nSPS) is 10.7. The van der Waals surface area contributed by atoms with Gasteiger partial charge in [-0.1, -0.05) is 19.1 Å². The molecule has 0 unspecified atom stereocenters. The molecule has 0 atom stereocenters. The van der Waals surface area contributed by atoms with Gasteiger partial charge in [-0.05, 0) is 49.7 Å². The molecule has 1 N–H and O–H groups in total. The number of nitrogens with zero attached hydrogens (tertiary/aromatic N) is 2. The Hall–Kier alpha value is -1.62. The number of aromatic nitrogens is 3. The molecule has 0 spiro atoms. The van der Waals surface area contributed by atoms with Gasteiger partial charge in [-0.25, -0.2) is 0 Å². The van der Waals surface area contributed by atoms with Gasteiger partial charge >= 0.3 is 0 Å². The van der Waals surface area contributed by atoms with Gasteiger partial charge in [0.25, 0.3) is 0 Å². The van der Waals surface area contributed by atoms with Crippen LogP contribution in [0, 0.1) is 4.77 Å². The van der Waals surface area contributed by atoms with E-state index < -0.39 is 0 Å². The Balaban J connectivity index is 1.79. The molecule has 1 heterocycles. The summed E-state index contributed by atoms with van der Waals surface area (Å²) in [6, 6.07) is 8.27. The number of aryl methyl sites for hydroxylation is 2. The molecule has 1 aromatic carbocycles. The number of hydrogen-bond donors (Lipinski definition) is 1. The lowest BCUT2D eigenvalue weighted by molar-refractivity contribution is 0.309. The Kier molecular flexibility index (Phi) is 5.35. The molecule has 0 aliphatic rings. The molecule has 1 aromatic heterocycles. The number of rotatable bonds is 7. The lowest BCUT2D eigenvalue weighted by atomic mass is 10.2. The summed E-state index contributed by atoms with van der Waals surface area (Å²) in [6.07, 6.45) is 2.85. The van der Waals surface area contributed by atoms with Gasteiger partial charge in [0.05, 0.1) is 6.61 Å². The summed E-state index contributed by atoms with van der Waals surface area (Å²) in [5.41, 5.74) is 1.33. The van der Waals surface area contributed by atoms with Crippen molar-refractivity contribution < 1.29 is 4.74 Å². The fourth-order valence-electron chi connectivity index (χ4n) is 2.11. The molecule has 0 amide bonds. The van der Waals surface area contributed by atoms with Crippen LogP contribution in [0.3, 0.4) is 0 Å². The van der Waals surface area contributed by atoms with Gasteiger partial charge in [-0.15, -0.1) is 0 Å². The number of benzene rings is 1. The summed E-state index contributed by atoms with van der Waals surface area (Å²) in [4.78, 5) is 0. The number of ether oxygens (including phenoxy) is 1. The molecular weight excluding hydrogens is 270 g/mol. The first-order valence-electron chi connectivity index (χ1n) is 7.10. The summed E-state index contributed by atoms with van der Waals surface area (Å²) in [5, 5.41) is 7.08. The summed E-state index contributed by atoms with van der Waals surface area (Å²) < 4.78 is 8.45. The van der Waals surface area contributed by atoms with E-state index in [4.69, 9.17) is 17.0 Å². The topological polar surface area (TPSA) is 42.8 Å². The van der Waals surface area contributed by atoms with Crippen LogP contribution in [0.15, 0.2) is 24.3 Å². The van der Waals surface area contributed by atoms with E-state index in [-0.39, 0.29) is 0 Å². The van der Waals surface area contributed by atoms with Crippen molar-refractivity contribution in [1.29, 1.82) is 0 Å². The number of H-pyrrole nitrogens is 1. The van der Waals surface area contributed by atoms with Gasteiger partial charge in [0.2, 0.25) is 0 Å². The molecule has 108 valence electrons. The van der Waals surface area contributed by atoms with Crippen molar-refractivity contribution in [3.05, 3.63) is 40.4 Å². The highest BCUT2D eigenvalue weighted by molar-refractivity contribution is 7.71. The molecule has 20 heavy (non-hydrogen) atoms. The van der Waals surface area contributed by atoms with Crippen LogP contribution in [0.25, 0.3) is 0 Å². The smallest absolute Gasteiger partial charge is 0.195 e. The molecule has 2 aromatic rings. The number of hydrogen-bond acceptors (Lipinski definition) is 3. The molecular formula is C15H21N3OS. The Morgan fingerprint density at radius 1 is 1.25 bits per heavy atom. The van der Waals surface area contributed by atoms with Crippen molar-refractivity contribution in [3.63, 3.8) is 0 Å². The quantitative estimate of drug-likeness (QED) is 0.627. The molecule has 4 nitrogen and oxygen atoms in total. The van der Waals surface area contributed by atoms with Gasteiger partial charge in [-0.2, -0.15) is 5.10 Å². The minimum absolute atomic E-state index is 0.689. The van der Waals surface area contributed by atoms with Crippen LogP contribution in [-0.2, 0) is 19.4 Å². The highest BCUT2D eigenvalue weighted by Crippen LogP contribution is 2.13. The fraction of sp³-hybridized carbons (Fsp3) is 0.467. The Morgan fingerprint density at radius 2 is 2.00 bits per heavy atom. The Morgan fingerprint density at radius 3 is 2.65 bits per heavy atom. The maximum atomic E-state index is 5.73. The van der Waals surface area contributed by atoms with E-state index in [0.29, 0.717) is 11.4 Å². The van der Waals surface area contributed by atoms with Crippen molar-refractivity contribution in [1.82, 2.24) is 14.8 Å². The third-order valence-corrected chi connectivity index (χ3v) is 3.61. The second-order valence-corrected chi connectivity index (χ2v) is 5.03. The van der Waals surface area contributed by atoms with Gasteiger partial charge in [0.15, 0.2) is 4.77 Å². The fourth-order valence-corrected chi connectivity index (χ4v) is 2.39. The Bertz CT molecular complexity index is 586. The van der Waals surface area contributed by atoms with Gasteiger partial charge in [0.1, 0.15) is 11.6 Å². The van der Waals surface area contributed by atoms with Crippen molar-refractivity contribution >= 4 is 12.2 Å². The van der Waals surface area contributed by atoms with E-state index in [1.807, 2.05) is 16.7 Å². The largest absolute Gasteiger partial charge is 0.494 e. The van der Waals surface area contributed by atoms with Crippen molar-refractivity contribution in [2.24, 2.45) is 0 Å². The maximum Gasteiger partial charge on any atom is 0.195 e. The number of aromatic amines is 1. The van der Waals surface area contributed by atoms with Crippen LogP contribution in [0.4, 0.5) is 0 Å². The molecule has 0 aliphatic heterocycles. The van der Waals surface area contributed by atoms with Gasteiger partial charge in [-0.3, -0.25) is 5.10 Å². The van der Waals surface area contributed by atoms with Crippen LogP contribution < -0.4 is 4.74 Å². The zero-order valence-corrected chi connectivity index (χ0v) is 12.9. The van der Waals surface area contributed by atoms with E-state index in [2.05, 4.69) is 36.2 Å². The first-order chi connectivity index (χ1) is 9.74. The average Bonchev–Trinajstić information content (AvgIpc) is 2.84. The summed E-state index contributed by atoms with van der Waals surface area (Å²) in [6.45, 7) is 5.76. The minimum atomic E-state index is 0.689. The molecule has 0 aliphatic carbocycles.